The van der Waals surface area contributed by atoms with E-state index in [0.717, 1.165) is 12.2 Å². The number of hydrogen-bond acceptors (Lipinski definition) is 3. The zero-order valence-electron chi connectivity index (χ0n) is 6.16. The van der Waals surface area contributed by atoms with E-state index in [4.69, 9.17) is 0 Å². The van der Waals surface area contributed by atoms with Crippen molar-refractivity contribution < 1.29 is 0 Å². The Morgan fingerprint density at radius 1 is 1.80 bits per heavy atom. The van der Waals surface area contributed by atoms with E-state index in [1.807, 2.05) is 0 Å². The second-order valence-electron chi connectivity index (χ2n) is 2.00. The summed E-state index contributed by atoms with van der Waals surface area (Å²) in [6.45, 7) is 2.14. The fourth-order valence-electron chi connectivity index (χ4n) is 0.842. The summed E-state index contributed by atoms with van der Waals surface area (Å²) in [5.41, 5.74) is 0. The molecule has 0 radical (unpaired) electrons. The fourth-order valence-corrected chi connectivity index (χ4v) is 1.51. The molecular weight excluding hydrogens is 146 g/mol. The fraction of sp³-hybridized carbons (Fsp3) is 0.667. The molecule has 1 atom stereocenters. The average molecular weight is 157 g/mol. The first-order valence-electron chi connectivity index (χ1n) is 3.26. The molecule has 1 heterocycles. The molecule has 1 rings (SSSR count). The van der Waals surface area contributed by atoms with Crippen LogP contribution in [-0.2, 0) is 0 Å². The third kappa shape index (κ3) is 1.50. The molecule has 0 fully saturated rings. The van der Waals surface area contributed by atoms with Crippen molar-refractivity contribution in [2.75, 3.05) is 6.26 Å². The molecule has 4 heteroatoms. The van der Waals surface area contributed by atoms with E-state index in [1.165, 1.54) is 0 Å². The number of H-pyrrole nitrogens is 1. The summed E-state index contributed by atoms with van der Waals surface area (Å²) in [7, 11) is 0. The van der Waals surface area contributed by atoms with Crippen LogP contribution in [0.15, 0.2) is 6.33 Å². The molecule has 1 N–H and O–H groups in total. The number of nitrogens with zero attached hydrogens (tertiary/aromatic N) is 2. The van der Waals surface area contributed by atoms with Gasteiger partial charge in [0.05, 0.1) is 5.25 Å². The summed E-state index contributed by atoms with van der Waals surface area (Å²) in [5, 5.41) is 7.12. The van der Waals surface area contributed by atoms with Gasteiger partial charge in [0.25, 0.3) is 0 Å². The molecule has 1 unspecified atom stereocenters. The van der Waals surface area contributed by atoms with Gasteiger partial charge in [0.15, 0.2) is 0 Å². The van der Waals surface area contributed by atoms with Crippen molar-refractivity contribution in [1.82, 2.24) is 15.2 Å². The van der Waals surface area contributed by atoms with Crippen LogP contribution >= 0.6 is 11.8 Å². The molecule has 0 aromatic carbocycles. The molecule has 0 saturated carbocycles. The predicted octanol–water partition coefficient (Wildman–Crippen LogP) is 1.62. The summed E-state index contributed by atoms with van der Waals surface area (Å²) in [6, 6.07) is 0. The molecule has 0 spiro atoms. The Balaban J connectivity index is 2.64. The molecule has 0 saturated heterocycles. The highest BCUT2D eigenvalue weighted by molar-refractivity contribution is 7.98. The van der Waals surface area contributed by atoms with Crippen LogP contribution in [0.5, 0.6) is 0 Å². The van der Waals surface area contributed by atoms with E-state index < -0.39 is 0 Å². The molecule has 1 aromatic heterocycles. The van der Waals surface area contributed by atoms with Crippen molar-refractivity contribution in [3.8, 4) is 0 Å². The van der Waals surface area contributed by atoms with Gasteiger partial charge < -0.3 is 0 Å². The third-order valence-electron chi connectivity index (χ3n) is 1.39. The number of hydrogen-bond donors (Lipinski definition) is 1. The first-order valence-corrected chi connectivity index (χ1v) is 4.55. The molecular formula is C6H11N3S. The SMILES string of the molecule is CCC(SC)c1ncn[nH]1. The second kappa shape index (κ2) is 3.61. The standard InChI is InChI=1S/C6H11N3S/c1-3-5(10-2)6-7-4-8-9-6/h4-5H,3H2,1-2H3,(H,7,8,9). The highest BCUT2D eigenvalue weighted by atomic mass is 32.2. The minimum absolute atomic E-state index is 0.475. The minimum atomic E-state index is 0.475. The first-order chi connectivity index (χ1) is 4.88. The van der Waals surface area contributed by atoms with E-state index >= 15 is 0 Å². The van der Waals surface area contributed by atoms with Crippen LogP contribution in [0.2, 0.25) is 0 Å². The minimum Gasteiger partial charge on any atom is -0.262 e. The maximum absolute atomic E-state index is 4.07. The second-order valence-corrected chi connectivity index (χ2v) is 3.04. The zero-order valence-corrected chi connectivity index (χ0v) is 6.98. The van der Waals surface area contributed by atoms with Gasteiger partial charge in [0, 0.05) is 0 Å². The van der Waals surface area contributed by atoms with Gasteiger partial charge in [0.2, 0.25) is 0 Å². The third-order valence-corrected chi connectivity index (χ3v) is 2.52. The monoisotopic (exact) mass is 157 g/mol. The van der Waals surface area contributed by atoms with E-state index in [9.17, 15) is 0 Å². The maximum Gasteiger partial charge on any atom is 0.137 e. The molecule has 3 nitrogen and oxygen atoms in total. The lowest BCUT2D eigenvalue weighted by atomic mass is 10.3. The molecule has 0 aliphatic heterocycles. The number of thioether (sulfide) groups is 1. The molecule has 0 bridgehead atoms. The lowest BCUT2D eigenvalue weighted by molar-refractivity contribution is 0.821. The summed E-state index contributed by atoms with van der Waals surface area (Å²) in [5.74, 6) is 0.981. The quantitative estimate of drug-likeness (QED) is 0.725. The number of rotatable bonds is 3. The molecule has 0 aliphatic carbocycles. The molecule has 0 amide bonds. The van der Waals surface area contributed by atoms with Gasteiger partial charge in [-0.2, -0.15) is 16.9 Å². The van der Waals surface area contributed by atoms with Crippen molar-refractivity contribution in [2.24, 2.45) is 0 Å². The van der Waals surface area contributed by atoms with Crippen LogP contribution in [0.4, 0.5) is 0 Å². The van der Waals surface area contributed by atoms with Crippen molar-refractivity contribution in [1.29, 1.82) is 0 Å². The van der Waals surface area contributed by atoms with E-state index in [2.05, 4.69) is 28.4 Å². The summed E-state index contributed by atoms with van der Waals surface area (Å²) >= 11 is 1.79. The van der Waals surface area contributed by atoms with Crippen LogP contribution in [0.1, 0.15) is 24.4 Å². The topological polar surface area (TPSA) is 41.6 Å². The summed E-state index contributed by atoms with van der Waals surface area (Å²) in [6.07, 6.45) is 4.72. The van der Waals surface area contributed by atoms with Gasteiger partial charge in [-0.1, -0.05) is 6.92 Å². The van der Waals surface area contributed by atoms with Gasteiger partial charge in [-0.25, -0.2) is 4.98 Å². The number of aromatic amines is 1. The van der Waals surface area contributed by atoms with Gasteiger partial charge in [-0.3, -0.25) is 5.10 Å². The average Bonchev–Trinajstić information content (AvgIpc) is 2.43. The predicted molar refractivity (Wildman–Crippen MR) is 42.9 cm³/mol. The van der Waals surface area contributed by atoms with Crippen LogP contribution < -0.4 is 0 Å². The largest absolute Gasteiger partial charge is 0.262 e. The smallest absolute Gasteiger partial charge is 0.137 e. The molecule has 1 aromatic rings. The van der Waals surface area contributed by atoms with Crippen molar-refractivity contribution in [2.45, 2.75) is 18.6 Å². The Kier molecular flexibility index (Phi) is 2.74. The number of aromatic nitrogens is 3. The van der Waals surface area contributed by atoms with E-state index in [-0.39, 0.29) is 0 Å². The van der Waals surface area contributed by atoms with Gasteiger partial charge >= 0.3 is 0 Å². The summed E-state index contributed by atoms with van der Waals surface area (Å²) in [4.78, 5) is 4.07. The van der Waals surface area contributed by atoms with Crippen LogP contribution in [0.25, 0.3) is 0 Å². The highest BCUT2D eigenvalue weighted by Crippen LogP contribution is 2.25. The number of nitrogens with one attached hydrogen (secondary N) is 1. The van der Waals surface area contributed by atoms with Crippen molar-refractivity contribution in [3.05, 3.63) is 12.2 Å². The van der Waals surface area contributed by atoms with Gasteiger partial charge in [-0.05, 0) is 12.7 Å². The van der Waals surface area contributed by atoms with Crippen molar-refractivity contribution >= 4 is 11.8 Å². The lowest BCUT2D eigenvalue weighted by Crippen LogP contribution is -1.93. The van der Waals surface area contributed by atoms with Gasteiger partial charge in [-0.15, -0.1) is 0 Å². The normalized spacial score (nSPS) is 13.4. The van der Waals surface area contributed by atoms with Crippen LogP contribution in [-0.4, -0.2) is 21.4 Å². The Morgan fingerprint density at radius 2 is 2.60 bits per heavy atom. The van der Waals surface area contributed by atoms with E-state index in [1.54, 1.807) is 18.1 Å². The Bertz CT molecular complexity index is 169. The van der Waals surface area contributed by atoms with Crippen molar-refractivity contribution in [3.63, 3.8) is 0 Å². The van der Waals surface area contributed by atoms with Crippen LogP contribution in [0, 0.1) is 0 Å². The molecule has 56 valence electrons. The zero-order chi connectivity index (χ0) is 7.40. The lowest BCUT2D eigenvalue weighted by Gasteiger charge is -2.05. The molecule has 10 heavy (non-hydrogen) atoms. The molecule has 0 aliphatic rings. The van der Waals surface area contributed by atoms with Gasteiger partial charge in [0.1, 0.15) is 12.2 Å². The maximum atomic E-state index is 4.07. The first kappa shape index (κ1) is 7.60. The van der Waals surface area contributed by atoms with Crippen LogP contribution in [0.3, 0.4) is 0 Å². The Hall–Kier alpha value is -0.510. The highest BCUT2D eigenvalue weighted by Gasteiger charge is 2.08. The van der Waals surface area contributed by atoms with E-state index in [0.29, 0.717) is 5.25 Å². The summed E-state index contributed by atoms with van der Waals surface area (Å²) < 4.78 is 0. The Morgan fingerprint density at radius 3 is 3.00 bits per heavy atom. The Labute approximate surface area is 64.6 Å².